The summed E-state index contributed by atoms with van der Waals surface area (Å²) in [5, 5.41) is 5.87. The van der Waals surface area contributed by atoms with Gasteiger partial charge in [-0.25, -0.2) is 18.2 Å². The quantitative estimate of drug-likeness (QED) is 0.907. The van der Waals surface area contributed by atoms with Gasteiger partial charge in [-0.15, -0.1) is 11.3 Å². The molecular weight excluding hydrogens is 295 g/mol. The van der Waals surface area contributed by atoms with Crippen molar-refractivity contribution in [2.75, 3.05) is 4.72 Å². The first-order chi connectivity index (χ1) is 7.49. The van der Waals surface area contributed by atoms with Crippen LogP contribution in [0, 0.1) is 0 Å². The maximum atomic E-state index is 11.8. The third kappa shape index (κ3) is 2.29. The van der Waals surface area contributed by atoms with Crippen molar-refractivity contribution in [3.05, 3.63) is 21.1 Å². The van der Waals surface area contributed by atoms with Crippen molar-refractivity contribution in [1.82, 2.24) is 15.2 Å². The van der Waals surface area contributed by atoms with Gasteiger partial charge in [-0.1, -0.05) is 23.2 Å². The van der Waals surface area contributed by atoms with Gasteiger partial charge < -0.3 is 0 Å². The van der Waals surface area contributed by atoms with Crippen molar-refractivity contribution in [1.29, 1.82) is 0 Å². The Morgan fingerprint density at radius 3 is 2.69 bits per heavy atom. The molecule has 10 heteroatoms. The molecule has 6 nitrogen and oxygen atoms in total. The van der Waals surface area contributed by atoms with Crippen LogP contribution < -0.4 is 4.72 Å². The fourth-order valence-corrected chi connectivity index (χ4v) is 4.06. The topological polar surface area (TPSA) is 87.7 Å². The predicted molar refractivity (Wildman–Crippen MR) is 61.5 cm³/mol. The number of anilines is 1. The van der Waals surface area contributed by atoms with E-state index in [2.05, 4.69) is 19.9 Å². The standard InChI is InChI=1S/C6H4Cl2N4O2S2/c7-4-1-3(5(8)15-4)16(13,14)12-6-9-2-10-11-6/h1-2H,(H2,9,10,11,12). The van der Waals surface area contributed by atoms with E-state index in [4.69, 9.17) is 23.2 Å². The summed E-state index contributed by atoms with van der Waals surface area (Å²) in [5.74, 6) is 0.0124. The summed E-state index contributed by atoms with van der Waals surface area (Å²) < 4.78 is 26.2. The number of sulfonamides is 1. The summed E-state index contributed by atoms with van der Waals surface area (Å²) in [4.78, 5) is 3.55. The molecule has 0 aliphatic carbocycles. The molecule has 0 unspecified atom stereocenters. The second-order valence-electron chi connectivity index (χ2n) is 2.63. The Morgan fingerprint density at radius 1 is 1.44 bits per heavy atom. The smallest absolute Gasteiger partial charge is 0.248 e. The van der Waals surface area contributed by atoms with Gasteiger partial charge in [-0.05, 0) is 6.07 Å². The molecule has 2 rings (SSSR count). The molecule has 0 atom stereocenters. The van der Waals surface area contributed by atoms with Crippen LogP contribution in [0.4, 0.5) is 5.95 Å². The van der Waals surface area contributed by atoms with Gasteiger partial charge in [-0.2, -0.15) is 10.1 Å². The molecular formula is C6H4Cl2N4O2S2. The van der Waals surface area contributed by atoms with Crippen LogP contribution >= 0.6 is 34.5 Å². The fourth-order valence-electron chi connectivity index (χ4n) is 0.945. The van der Waals surface area contributed by atoms with Crippen LogP contribution in [-0.4, -0.2) is 23.6 Å². The number of rotatable bonds is 3. The molecule has 0 amide bonds. The van der Waals surface area contributed by atoms with Crippen molar-refractivity contribution in [3.63, 3.8) is 0 Å². The highest BCUT2D eigenvalue weighted by Crippen LogP contribution is 2.34. The molecule has 0 saturated carbocycles. The number of hydrogen-bond donors (Lipinski definition) is 2. The van der Waals surface area contributed by atoms with E-state index in [9.17, 15) is 8.42 Å². The number of aromatic nitrogens is 3. The second kappa shape index (κ2) is 4.21. The monoisotopic (exact) mass is 298 g/mol. The molecule has 0 saturated heterocycles. The van der Waals surface area contributed by atoms with E-state index in [1.165, 1.54) is 12.4 Å². The van der Waals surface area contributed by atoms with Gasteiger partial charge >= 0.3 is 0 Å². The maximum Gasteiger partial charge on any atom is 0.266 e. The highest BCUT2D eigenvalue weighted by molar-refractivity contribution is 7.93. The summed E-state index contributed by atoms with van der Waals surface area (Å²) in [6.45, 7) is 0. The van der Waals surface area contributed by atoms with Gasteiger partial charge in [0.15, 0.2) is 0 Å². The Labute approximate surface area is 105 Å². The summed E-state index contributed by atoms with van der Waals surface area (Å²) in [6.07, 6.45) is 1.18. The lowest BCUT2D eigenvalue weighted by Crippen LogP contribution is -2.13. The average Bonchev–Trinajstić information content (AvgIpc) is 2.75. The molecule has 0 aromatic carbocycles. The predicted octanol–water partition coefficient (Wildman–Crippen LogP) is 1.97. The maximum absolute atomic E-state index is 11.8. The number of H-pyrrole nitrogens is 1. The minimum atomic E-state index is -3.78. The Morgan fingerprint density at radius 2 is 2.19 bits per heavy atom. The van der Waals surface area contributed by atoms with E-state index in [1.54, 1.807) is 0 Å². The number of halogens is 2. The number of nitrogens with zero attached hydrogens (tertiary/aromatic N) is 2. The third-order valence-corrected chi connectivity index (χ3v) is 4.65. The van der Waals surface area contributed by atoms with Crippen LogP contribution in [0.15, 0.2) is 17.3 Å². The number of hydrogen-bond acceptors (Lipinski definition) is 5. The SMILES string of the molecule is O=S(=O)(Nc1ncn[nH]1)c1cc(Cl)sc1Cl. The molecule has 16 heavy (non-hydrogen) atoms. The minimum Gasteiger partial charge on any atom is -0.248 e. The minimum absolute atomic E-state index is 0.0124. The zero-order chi connectivity index (χ0) is 11.8. The Bertz CT molecular complexity index is 592. The third-order valence-electron chi connectivity index (χ3n) is 1.56. The second-order valence-corrected chi connectivity index (χ2v) is 6.56. The van der Waals surface area contributed by atoms with Gasteiger partial charge in [0, 0.05) is 0 Å². The molecule has 2 aromatic rings. The molecule has 0 aliphatic rings. The summed E-state index contributed by atoms with van der Waals surface area (Å²) in [5.41, 5.74) is 0. The molecule has 86 valence electrons. The lowest BCUT2D eigenvalue weighted by Gasteiger charge is -2.02. The molecule has 0 fully saturated rings. The van der Waals surface area contributed by atoms with Gasteiger partial charge in [0.1, 0.15) is 15.6 Å². The van der Waals surface area contributed by atoms with Crippen LogP contribution in [0.5, 0.6) is 0 Å². The van der Waals surface area contributed by atoms with Crippen LogP contribution in [0.2, 0.25) is 8.67 Å². The highest BCUT2D eigenvalue weighted by atomic mass is 35.5. The van der Waals surface area contributed by atoms with Gasteiger partial charge in [0.05, 0.1) is 4.34 Å². The van der Waals surface area contributed by atoms with E-state index in [-0.39, 0.29) is 15.2 Å². The van der Waals surface area contributed by atoms with Crippen molar-refractivity contribution < 1.29 is 8.42 Å². The number of thiophene rings is 1. The molecule has 2 N–H and O–H groups in total. The van der Waals surface area contributed by atoms with Gasteiger partial charge in [0.25, 0.3) is 10.0 Å². The van der Waals surface area contributed by atoms with E-state index < -0.39 is 10.0 Å². The summed E-state index contributed by atoms with van der Waals surface area (Å²) in [7, 11) is -3.78. The van der Waals surface area contributed by atoms with Crippen molar-refractivity contribution >= 4 is 50.5 Å². The Balaban J connectivity index is 2.36. The first-order valence-corrected chi connectivity index (χ1v) is 6.87. The molecule has 2 heterocycles. The largest absolute Gasteiger partial charge is 0.266 e. The van der Waals surface area contributed by atoms with Crippen LogP contribution in [0.3, 0.4) is 0 Å². The molecule has 0 bridgehead atoms. The van der Waals surface area contributed by atoms with Crippen molar-refractivity contribution in [3.8, 4) is 0 Å². The number of nitrogens with one attached hydrogen (secondary N) is 2. The lowest BCUT2D eigenvalue weighted by atomic mass is 10.7. The normalized spacial score (nSPS) is 11.6. The average molecular weight is 299 g/mol. The zero-order valence-corrected chi connectivity index (χ0v) is 10.6. The van der Waals surface area contributed by atoms with Crippen LogP contribution in [0.25, 0.3) is 0 Å². The molecule has 2 aromatic heterocycles. The van der Waals surface area contributed by atoms with Crippen molar-refractivity contribution in [2.24, 2.45) is 0 Å². The number of aromatic amines is 1. The first kappa shape index (κ1) is 11.6. The van der Waals surface area contributed by atoms with Gasteiger partial charge in [0.2, 0.25) is 5.95 Å². The summed E-state index contributed by atoms with van der Waals surface area (Å²) in [6, 6.07) is 1.27. The van der Waals surface area contributed by atoms with E-state index in [0.29, 0.717) is 4.34 Å². The fraction of sp³-hybridized carbons (Fsp3) is 0. The van der Waals surface area contributed by atoms with E-state index >= 15 is 0 Å². The van der Waals surface area contributed by atoms with Crippen molar-refractivity contribution in [2.45, 2.75) is 4.90 Å². The Hall–Kier alpha value is -0.830. The molecule has 0 aliphatic heterocycles. The molecule has 0 spiro atoms. The first-order valence-electron chi connectivity index (χ1n) is 3.82. The lowest BCUT2D eigenvalue weighted by molar-refractivity contribution is 0.601. The Kier molecular flexibility index (Phi) is 3.06. The van der Waals surface area contributed by atoms with E-state index in [1.807, 2.05) is 0 Å². The summed E-state index contributed by atoms with van der Waals surface area (Å²) >= 11 is 12.4. The van der Waals surface area contributed by atoms with Crippen LogP contribution in [-0.2, 0) is 10.0 Å². The highest BCUT2D eigenvalue weighted by Gasteiger charge is 2.21. The van der Waals surface area contributed by atoms with E-state index in [0.717, 1.165) is 11.3 Å². The molecule has 0 radical (unpaired) electrons. The van der Waals surface area contributed by atoms with Gasteiger partial charge in [-0.3, -0.25) is 0 Å². The zero-order valence-electron chi connectivity index (χ0n) is 7.44. The van der Waals surface area contributed by atoms with Crippen LogP contribution in [0.1, 0.15) is 0 Å².